The van der Waals surface area contributed by atoms with Crippen molar-refractivity contribution in [2.45, 2.75) is 30.9 Å². The molecule has 1 amide bonds. The highest BCUT2D eigenvalue weighted by Crippen LogP contribution is 2.37. The fraction of sp³-hybridized carbons (Fsp3) is 0.161. The van der Waals surface area contributed by atoms with Gasteiger partial charge in [-0.2, -0.15) is 5.10 Å². The van der Waals surface area contributed by atoms with E-state index in [1.165, 1.54) is 25.5 Å². The molecule has 8 nitrogen and oxygen atoms in total. The van der Waals surface area contributed by atoms with Crippen molar-refractivity contribution in [1.29, 1.82) is 0 Å². The molecule has 0 aliphatic heterocycles. The second-order valence-electron chi connectivity index (χ2n) is 9.45. The lowest BCUT2D eigenvalue weighted by atomic mass is 10.0. The quantitative estimate of drug-likeness (QED) is 0.125. The van der Waals surface area contributed by atoms with Crippen LogP contribution in [0.2, 0.25) is 15.1 Å². The number of hydrogen-bond donors (Lipinski definition) is 2. The summed E-state index contributed by atoms with van der Waals surface area (Å²) in [6, 6.07) is 22.8. The number of sulfonamides is 1. The van der Waals surface area contributed by atoms with Gasteiger partial charge in [0.15, 0.2) is 11.5 Å². The minimum absolute atomic E-state index is 0.104. The Bertz CT molecular complexity index is 1720. The van der Waals surface area contributed by atoms with Crippen LogP contribution in [0.15, 0.2) is 94.9 Å². The summed E-state index contributed by atoms with van der Waals surface area (Å²) in [6.07, 6.45) is 1.19. The number of aryl methyl sites for hydroxylation is 1. The van der Waals surface area contributed by atoms with Gasteiger partial charge >= 0.3 is 0 Å². The Morgan fingerprint density at radius 2 is 1.67 bits per heavy atom. The Kier molecular flexibility index (Phi) is 11.1. The summed E-state index contributed by atoms with van der Waals surface area (Å²) in [7, 11) is -2.43. The third-order valence-electron chi connectivity index (χ3n) is 6.26. The Balaban J connectivity index is 1.43. The van der Waals surface area contributed by atoms with Crippen LogP contribution in [0, 0.1) is 6.92 Å². The van der Waals surface area contributed by atoms with E-state index in [0.717, 1.165) is 5.56 Å². The summed E-state index contributed by atoms with van der Waals surface area (Å²) < 4.78 is 40.1. The van der Waals surface area contributed by atoms with Crippen LogP contribution in [-0.2, 0) is 21.4 Å². The molecule has 0 bridgehead atoms. The molecule has 1 atom stereocenters. The Labute approximate surface area is 265 Å². The highest BCUT2D eigenvalue weighted by molar-refractivity contribution is 7.89. The van der Waals surface area contributed by atoms with Crippen LogP contribution < -0.4 is 19.6 Å². The molecular weight excluding hydrogens is 633 g/mol. The number of hydrazone groups is 1. The number of amides is 1. The van der Waals surface area contributed by atoms with Gasteiger partial charge in [0, 0.05) is 22.0 Å². The molecule has 0 aliphatic carbocycles. The number of carbonyl (C=O) groups is 1. The zero-order valence-corrected chi connectivity index (χ0v) is 26.3. The molecule has 12 heteroatoms. The maximum absolute atomic E-state index is 13.1. The van der Waals surface area contributed by atoms with Crippen LogP contribution in [0.1, 0.15) is 34.7 Å². The molecule has 0 aromatic heterocycles. The van der Waals surface area contributed by atoms with Gasteiger partial charge in [0.1, 0.15) is 6.61 Å². The zero-order chi connectivity index (χ0) is 31.0. The van der Waals surface area contributed by atoms with E-state index >= 15 is 0 Å². The molecule has 0 fully saturated rings. The number of rotatable bonds is 12. The van der Waals surface area contributed by atoms with Crippen molar-refractivity contribution in [2.75, 3.05) is 7.11 Å². The predicted octanol–water partition coefficient (Wildman–Crippen LogP) is 7.10. The third-order valence-corrected chi connectivity index (χ3v) is 8.62. The normalized spacial score (nSPS) is 12.2. The predicted molar refractivity (Wildman–Crippen MR) is 170 cm³/mol. The van der Waals surface area contributed by atoms with Crippen LogP contribution >= 0.6 is 34.8 Å². The van der Waals surface area contributed by atoms with Crippen LogP contribution in [0.5, 0.6) is 11.5 Å². The highest BCUT2D eigenvalue weighted by Gasteiger charge is 2.24. The van der Waals surface area contributed by atoms with Gasteiger partial charge in [-0.15, -0.1) is 0 Å². The Hall–Kier alpha value is -3.60. The summed E-state index contributed by atoms with van der Waals surface area (Å²) in [6.45, 7) is 2.00. The van der Waals surface area contributed by atoms with E-state index in [9.17, 15) is 13.2 Å². The van der Waals surface area contributed by atoms with Gasteiger partial charge in [-0.3, -0.25) is 4.79 Å². The van der Waals surface area contributed by atoms with E-state index < -0.39 is 22.0 Å². The van der Waals surface area contributed by atoms with Gasteiger partial charge in [-0.05, 0) is 54.4 Å². The number of nitrogens with zero attached hydrogens (tertiary/aromatic N) is 1. The topological polar surface area (TPSA) is 106 Å². The van der Waals surface area contributed by atoms with Crippen molar-refractivity contribution in [3.8, 4) is 11.5 Å². The minimum Gasteiger partial charge on any atom is -0.493 e. The van der Waals surface area contributed by atoms with Crippen molar-refractivity contribution in [2.24, 2.45) is 5.10 Å². The zero-order valence-electron chi connectivity index (χ0n) is 23.2. The first-order valence-electron chi connectivity index (χ1n) is 13.0. The number of ether oxygens (including phenoxy) is 2. The molecule has 0 heterocycles. The number of hydrogen-bond acceptors (Lipinski definition) is 6. The van der Waals surface area contributed by atoms with Crippen LogP contribution in [0.3, 0.4) is 0 Å². The summed E-state index contributed by atoms with van der Waals surface area (Å²) >= 11 is 18.7. The van der Waals surface area contributed by atoms with Gasteiger partial charge in [0.05, 0.1) is 29.3 Å². The first-order valence-corrected chi connectivity index (χ1v) is 15.6. The first kappa shape index (κ1) is 32.3. The summed E-state index contributed by atoms with van der Waals surface area (Å²) in [5.41, 5.74) is 5.25. The first-order chi connectivity index (χ1) is 20.6. The molecule has 43 heavy (non-hydrogen) atoms. The lowest BCUT2D eigenvalue weighted by Crippen LogP contribution is -2.32. The number of nitrogens with one attached hydrogen (secondary N) is 2. The van der Waals surface area contributed by atoms with Crippen molar-refractivity contribution in [3.63, 3.8) is 0 Å². The number of methoxy groups -OCH3 is 1. The van der Waals surface area contributed by atoms with Crippen molar-refractivity contribution < 1.29 is 22.7 Å². The van der Waals surface area contributed by atoms with E-state index in [1.807, 2.05) is 13.0 Å². The summed E-state index contributed by atoms with van der Waals surface area (Å²) in [5, 5.41) is 5.25. The van der Waals surface area contributed by atoms with Gasteiger partial charge in [0.25, 0.3) is 0 Å². The lowest BCUT2D eigenvalue weighted by molar-refractivity contribution is -0.121. The molecule has 224 valence electrons. The molecule has 4 rings (SSSR count). The van der Waals surface area contributed by atoms with E-state index in [4.69, 9.17) is 44.3 Å². The molecule has 4 aromatic carbocycles. The second kappa shape index (κ2) is 14.7. The third kappa shape index (κ3) is 8.95. The SMILES string of the molecule is COc1cc(/C=N\NC(=O)C[C@H](NS(=O)(=O)c2ccc(C)cc2)c2ccccc2)cc(Cl)c1OCc1ccc(Cl)cc1Cl. The monoisotopic (exact) mass is 659 g/mol. The highest BCUT2D eigenvalue weighted by atomic mass is 35.5. The molecule has 0 spiro atoms. The van der Waals surface area contributed by atoms with Gasteiger partial charge < -0.3 is 9.47 Å². The van der Waals surface area contributed by atoms with Crippen LogP contribution in [0.25, 0.3) is 0 Å². The molecule has 4 aromatic rings. The fourth-order valence-electron chi connectivity index (χ4n) is 4.04. The van der Waals surface area contributed by atoms with Gasteiger partial charge in [0.2, 0.25) is 15.9 Å². The Morgan fingerprint density at radius 1 is 0.953 bits per heavy atom. The van der Waals surface area contributed by atoms with Crippen molar-refractivity contribution in [1.82, 2.24) is 10.1 Å². The molecule has 0 saturated heterocycles. The average Bonchev–Trinajstić information content (AvgIpc) is 2.97. The molecule has 0 saturated carbocycles. The van der Waals surface area contributed by atoms with Crippen LogP contribution in [0.4, 0.5) is 0 Å². The summed E-state index contributed by atoms with van der Waals surface area (Å²) in [4.78, 5) is 13.0. The van der Waals surface area contributed by atoms with E-state index in [2.05, 4.69) is 15.2 Å². The van der Waals surface area contributed by atoms with Crippen molar-refractivity contribution in [3.05, 3.63) is 122 Å². The fourth-order valence-corrected chi connectivity index (χ4v) is 6.00. The van der Waals surface area contributed by atoms with Crippen LogP contribution in [-0.4, -0.2) is 27.6 Å². The van der Waals surface area contributed by atoms with E-state index in [-0.39, 0.29) is 22.9 Å². The van der Waals surface area contributed by atoms with E-state index in [0.29, 0.717) is 38.2 Å². The maximum Gasteiger partial charge on any atom is 0.242 e. The number of benzene rings is 4. The van der Waals surface area contributed by atoms with Gasteiger partial charge in [-0.25, -0.2) is 18.6 Å². The molecule has 0 unspecified atom stereocenters. The standard InChI is InChI=1S/C31H28Cl3N3O5S/c1-20-8-12-25(13-9-20)43(39,40)37-28(22-6-4-3-5-7-22)17-30(38)36-35-18-21-14-27(34)31(29(15-21)41-2)42-19-23-10-11-24(32)16-26(23)33/h3-16,18,28,37H,17,19H2,1-2H3,(H,36,38)/b35-18-/t28-/m0/s1. The molecule has 2 N–H and O–H groups in total. The largest absolute Gasteiger partial charge is 0.493 e. The lowest BCUT2D eigenvalue weighted by Gasteiger charge is -2.18. The number of carbonyl (C=O) groups excluding carboxylic acids is 1. The molecule has 0 radical (unpaired) electrons. The molecule has 0 aliphatic rings. The maximum atomic E-state index is 13.1. The summed E-state index contributed by atoms with van der Waals surface area (Å²) in [5.74, 6) is 0.150. The smallest absolute Gasteiger partial charge is 0.242 e. The number of halogens is 3. The Morgan fingerprint density at radius 3 is 2.35 bits per heavy atom. The molecular formula is C31H28Cl3N3O5S. The minimum atomic E-state index is -3.90. The second-order valence-corrected chi connectivity index (χ2v) is 12.4. The van der Waals surface area contributed by atoms with Gasteiger partial charge in [-0.1, -0.05) is 88.9 Å². The van der Waals surface area contributed by atoms with Crippen molar-refractivity contribution >= 4 is 56.9 Å². The van der Waals surface area contributed by atoms with E-state index in [1.54, 1.807) is 66.7 Å². The average molecular weight is 661 g/mol.